The molecule has 0 aromatic rings. The Hall–Kier alpha value is -1.06. The Morgan fingerprint density at radius 1 is 1.27 bits per heavy atom. The highest BCUT2D eigenvalue weighted by atomic mass is 16.4. The predicted octanol–water partition coefficient (Wildman–Crippen LogP) is 1.21. The van der Waals surface area contributed by atoms with Gasteiger partial charge in [0.1, 0.15) is 0 Å². The second kappa shape index (κ2) is 4.64. The van der Waals surface area contributed by atoms with Crippen LogP contribution < -0.4 is 0 Å². The second-order valence-corrected chi connectivity index (χ2v) is 4.53. The molecule has 1 fully saturated rings. The Morgan fingerprint density at radius 2 is 1.80 bits per heavy atom. The Balaban J connectivity index is 2.77. The van der Waals surface area contributed by atoms with E-state index in [1.807, 2.05) is 6.92 Å². The lowest BCUT2D eigenvalue weighted by molar-refractivity contribution is -0.148. The molecule has 0 aliphatic heterocycles. The largest absolute Gasteiger partial charge is 0.481 e. The monoisotopic (exact) mass is 213 g/mol. The molecule has 0 heterocycles. The number of hydrogen-bond donors (Lipinski definition) is 1. The van der Waals surface area contributed by atoms with Gasteiger partial charge in [-0.1, -0.05) is 13.3 Å². The van der Waals surface area contributed by atoms with E-state index in [4.69, 9.17) is 5.11 Å². The van der Waals surface area contributed by atoms with E-state index in [0.29, 0.717) is 12.3 Å². The van der Waals surface area contributed by atoms with E-state index in [1.165, 1.54) is 4.90 Å². The SMILES string of the molecule is CCC1CC(C(=O)O)C(C(=O)N(C)C)C1. The van der Waals surface area contributed by atoms with Gasteiger partial charge in [0.2, 0.25) is 5.91 Å². The third-order valence-corrected chi connectivity index (χ3v) is 3.31. The van der Waals surface area contributed by atoms with Gasteiger partial charge in [0.05, 0.1) is 11.8 Å². The topological polar surface area (TPSA) is 57.6 Å². The molecule has 4 nitrogen and oxygen atoms in total. The number of nitrogens with zero attached hydrogens (tertiary/aromatic N) is 1. The highest BCUT2D eigenvalue weighted by molar-refractivity contribution is 5.85. The third kappa shape index (κ3) is 2.49. The van der Waals surface area contributed by atoms with Gasteiger partial charge in [0, 0.05) is 14.1 Å². The van der Waals surface area contributed by atoms with Crippen LogP contribution in [0.2, 0.25) is 0 Å². The number of carbonyl (C=O) groups excluding carboxylic acids is 1. The van der Waals surface area contributed by atoms with Gasteiger partial charge < -0.3 is 10.0 Å². The summed E-state index contributed by atoms with van der Waals surface area (Å²) in [7, 11) is 3.36. The van der Waals surface area contributed by atoms with Crippen molar-refractivity contribution in [2.75, 3.05) is 14.1 Å². The molecule has 1 aliphatic rings. The van der Waals surface area contributed by atoms with E-state index in [0.717, 1.165) is 12.8 Å². The van der Waals surface area contributed by atoms with Crippen LogP contribution in [0.5, 0.6) is 0 Å². The molecule has 0 saturated heterocycles. The third-order valence-electron chi connectivity index (χ3n) is 3.31. The van der Waals surface area contributed by atoms with Gasteiger partial charge in [-0.05, 0) is 18.8 Å². The maximum atomic E-state index is 11.8. The molecule has 1 N–H and O–H groups in total. The average Bonchev–Trinajstić information content (AvgIpc) is 2.60. The molecule has 3 atom stereocenters. The molecule has 1 rings (SSSR count). The standard InChI is InChI=1S/C11H19NO3/c1-4-7-5-8(10(13)12(2)3)9(6-7)11(14)15/h7-9H,4-6H2,1-3H3,(H,14,15). The number of aliphatic carboxylic acids is 1. The van der Waals surface area contributed by atoms with Crippen LogP contribution in [-0.2, 0) is 9.59 Å². The molecule has 0 aromatic heterocycles. The summed E-state index contributed by atoms with van der Waals surface area (Å²) in [6.45, 7) is 2.05. The van der Waals surface area contributed by atoms with E-state index in [9.17, 15) is 9.59 Å². The Kier molecular flexibility index (Phi) is 3.72. The molecule has 0 radical (unpaired) electrons. The van der Waals surface area contributed by atoms with Crippen molar-refractivity contribution in [2.45, 2.75) is 26.2 Å². The lowest BCUT2D eigenvalue weighted by Gasteiger charge is -2.19. The first-order valence-electron chi connectivity index (χ1n) is 5.41. The quantitative estimate of drug-likeness (QED) is 0.766. The van der Waals surface area contributed by atoms with Crippen molar-refractivity contribution in [3.63, 3.8) is 0 Å². The smallest absolute Gasteiger partial charge is 0.307 e. The highest BCUT2D eigenvalue weighted by Gasteiger charge is 2.42. The van der Waals surface area contributed by atoms with Crippen LogP contribution in [0.3, 0.4) is 0 Å². The summed E-state index contributed by atoms with van der Waals surface area (Å²) in [5.74, 6) is -1.28. The first-order valence-corrected chi connectivity index (χ1v) is 5.41. The molecular weight excluding hydrogens is 194 g/mol. The van der Waals surface area contributed by atoms with Crippen molar-refractivity contribution in [1.82, 2.24) is 4.90 Å². The number of carboxylic acids is 1. The molecule has 1 saturated carbocycles. The normalized spacial score (nSPS) is 30.2. The number of hydrogen-bond acceptors (Lipinski definition) is 2. The second-order valence-electron chi connectivity index (χ2n) is 4.53. The Labute approximate surface area is 90.3 Å². The highest BCUT2D eigenvalue weighted by Crippen LogP contribution is 2.39. The van der Waals surface area contributed by atoms with E-state index in [-0.39, 0.29) is 11.8 Å². The fraction of sp³-hybridized carbons (Fsp3) is 0.818. The summed E-state index contributed by atoms with van der Waals surface area (Å²) in [6, 6.07) is 0. The van der Waals surface area contributed by atoms with E-state index >= 15 is 0 Å². The van der Waals surface area contributed by atoms with Gasteiger partial charge in [0.25, 0.3) is 0 Å². The fourth-order valence-corrected chi connectivity index (χ4v) is 2.35. The maximum absolute atomic E-state index is 11.8. The van der Waals surface area contributed by atoms with Crippen molar-refractivity contribution in [3.05, 3.63) is 0 Å². The van der Waals surface area contributed by atoms with E-state index in [1.54, 1.807) is 14.1 Å². The van der Waals surface area contributed by atoms with Gasteiger partial charge in [-0.25, -0.2) is 0 Å². The van der Waals surface area contributed by atoms with Crippen LogP contribution >= 0.6 is 0 Å². The molecule has 3 unspecified atom stereocenters. The molecular formula is C11H19NO3. The summed E-state index contributed by atoms with van der Waals surface area (Å²) < 4.78 is 0. The molecule has 0 bridgehead atoms. The van der Waals surface area contributed by atoms with Crippen molar-refractivity contribution in [2.24, 2.45) is 17.8 Å². The van der Waals surface area contributed by atoms with Crippen LogP contribution in [0.4, 0.5) is 0 Å². The van der Waals surface area contributed by atoms with Gasteiger partial charge >= 0.3 is 5.97 Å². The first kappa shape index (κ1) is 12.0. The van der Waals surface area contributed by atoms with E-state index < -0.39 is 11.9 Å². The Morgan fingerprint density at radius 3 is 2.20 bits per heavy atom. The lowest BCUT2D eigenvalue weighted by atomic mass is 9.95. The van der Waals surface area contributed by atoms with Gasteiger partial charge in [-0.15, -0.1) is 0 Å². The van der Waals surface area contributed by atoms with Gasteiger partial charge in [-0.2, -0.15) is 0 Å². The average molecular weight is 213 g/mol. The minimum atomic E-state index is -0.828. The summed E-state index contributed by atoms with van der Waals surface area (Å²) in [4.78, 5) is 24.3. The maximum Gasteiger partial charge on any atom is 0.307 e. The zero-order valence-corrected chi connectivity index (χ0v) is 9.56. The Bertz CT molecular complexity index is 263. The van der Waals surface area contributed by atoms with Crippen LogP contribution in [0.15, 0.2) is 0 Å². The molecule has 0 aromatic carbocycles. The summed E-state index contributed by atoms with van der Waals surface area (Å²) in [6.07, 6.45) is 2.33. The number of carboxylic acid groups (broad SMARTS) is 1. The predicted molar refractivity (Wildman–Crippen MR) is 56.3 cm³/mol. The zero-order chi connectivity index (χ0) is 11.6. The molecule has 4 heteroatoms. The van der Waals surface area contributed by atoms with Gasteiger partial charge in [-0.3, -0.25) is 9.59 Å². The minimum absolute atomic E-state index is 0.0432. The minimum Gasteiger partial charge on any atom is -0.481 e. The van der Waals surface area contributed by atoms with Crippen LogP contribution in [-0.4, -0.2) is 36.0 Å². The number of rotatable bonds is 3. The van der Waals surface area contributed by atoms with Crippen LogP contribution in [0.25, 0.3) is 0 Å². The van der Waals surface area contributed by atoms with Crippen molar-refractivity contribution in [3.8, 4) is 0 Å². The van der Waals surface area contributed by atoms with E-state index in [2.05, 4.69) is 0 Å². The molecule has 1 aliphatic carbocycles. The molecule has 15 heavy (non-hydrogen) atoms. The van der Waals surface area contributed by atoms with Crippen molar-refractivity contribution < 1.29 is 14.7 Å². The summed E-state index contributed by atoms with van der Waals surface area (Å²) in [5, 5.41) is 9.06. The first-order chi connectivity index (χ1) is 6.97. The molecule has 1 amide bonds. The lowest BCUT2D eigenvalue weighted by Crippen LogP contribution is -2.34. The van der Waals surface area contributed by atoms with Gasteiger partial charge in [0.15, 0.2) is 0 Å². The van der Waals surface area contributed by atoms with Crippen molar-refractivity contribution in [1.29, 1.82) is 0 Å². The molecule has 86 valence electrons. The number of amides is 1. The summed E-state index contributed by atoms with van der Waals surface area (Å²) >= 11 is 0. The molecule has 0 spiro atoms. The number of carbonyl (C=O) groups is 2. The summed E-state index contributed by atoms with van der Waals surface area (Å²) in [5.41, 5.74) is 0. The zero-order valence-electron chi connectivity index (χ0n) is 9.56. The van der Waals surface area contributed by atoms with Crippen LogP contribution in [0.1, 0.15) is 26.2 Å². The van der Waals surface area contributed by atoms with Crippen LogP contribution in [0, 0.1) is 17.8 Å². The van der Waals surface area contributed by atoms with Crippen molar-refractivity contribution >= 4 is 11.9 Å². The fourth-order valence-electron chi connectivity index (χ4n) is 2.35.